The van der Waals surface area contributed by atoms with E-state index in [1.54, 1.807) is 0 Å². The van der Waals surface area contributed by atoms with Crippen LogP contribution < -0.4 is 0 Å². The van der Waals surface area contributed by atoms with Gasteiger partial charge in [-0.15, -0.1) is 0 Å². The first-order valence-electron chi connectivity index (χ1n) is 5.66. The number of hydrogen-bond acceptors (Lipinski definition) is 2. The van der Waals surface area contributed by atoms with Crippen LogP contribution in [0.5, 0.6) is 0 Å². The lowest BCUT2D eigenvalue weighted by molar-refractivity contribution is -0.143. The first kappa shape index (κ1) is 14.5. The van der Waals surface area contributed by atoms with Gasteiger partial charge in [-0.2, -0.15) is 0 Å². The Morgan fingerprint density at radius 3 is 1.87 bits per heavy atom. The summed E-state index contributed by atoms with van der Waals surface area (Å²) in [5.41, 5.74) is 0.459. The van der Waals surface area contributed by atoms with Gasteiger partial charge in [-0.25, -0.2) is 0 Å². The largest absolute Gasteiger partial charge is 0.466 e. The van der Waals surface area contributed by atoms with E-state index in [4.69, 9.17) is 4.74 Å². The molecule has 0 amide bonds. The second kappa shape index (κ2) is 5.00. The zero-order valence-corrected chi connectivity index (χ0v) is 11.3. The summed E-state index contributed by atoms with van der Waals surface area (Å²) in [5.74, 6) is 0.236. The Morgan fingerprint density at radius 2 is 1.60 bits per heavy atom. The molecule has 90 valence electrons. The van der Waals surface area contributed by atoms with Gasteiger partial charge in [-0.05, 0) is 23.2 Å². The topological polar surface area (TPSA) is 26.3 Å². The molecule has 0 aromatic rings. The summed E-state index contributed by atoms with van der Waals surface area (Å²) in [6, 6.07) is 0. The van der Waals surface area contributed by atoms with Crippen molar-refractivity contribution in [3.63, 3.8) is 0 Å². The molecular formula is C13H26O2. The van der Waals surface area contributed by atoms with Crippen LogP contribution in [0.2, 0.25) is 0 Å². The number of esters is 1. The average molecular weight is 214 g/mol. The number of carbonyl (C=O) groups excluding carboxylic acids is 1. The van der Waals surface area contributed by atoms with Gasteiger partial charge in [0, 0.05) is 6.92 Å². The van der Waals surface area contributed by atoms with E-state index in [9.17, 15) is 4.79 Å². The predicted molar refractivity (Wildman–Crippen MR) is 63.7 cm³/mol. The van der Waals surface area contributed by atoms with Crippen LogP contribution in [0.4, 0.5) is 0 Å². The number of ether oxygens (including phenoxy) is 1. The number of hydrogen-bond donors (Lipinski definition) is 0. The standard InChI is InChI=1S/C13H26O2/c1-10(14)15-9-11(13(5,6)7)8-12(2,3)4/h11H,8-9H2,1-7H3. The fourth-order valence-electron chi connectivity index (χ4n) is 1.57. The lowest BCUT2D eigenvalue weighted by atomic mass is 9.72. The van der Waals surface area contributed by atoms with Gasteiger partial charge in [0.05, 0.1) is 6.61 Å². The molecule has 0 aliphatic carbocycles. The van der Waals surface area contributed by atoms with Crippen molar-refractivity contribution < 1.29 is 9.53 Å². The maximum Gasteiger partial charge on any atom is 0.302 e. The molecule has 15 heavy (non-hydrogen) atoms. The summed E-state index contributed by atoms with van der Waals surface area (Å²) >= 11 is 0. The number of carbonyl (C=O) groups is 1. The normalized spacial score (nSPS) is 14.9. The van der Waals surface area contributed by atoms with E-state index in [0.717, 1.165) is 6.42 Å². The Morgan fingerprint density at radius 1 is 1.13 bits per heavy atom. The molecular weight excluding hydrogens is 188 g/mol. The van der Waals surface area contributed by atoms with Crippen molar-refractivity contribution in [2.75, 3.05) is 6.61 Å². The predicted octanol–water partition coefficient (Wildman–Crippen LogP) is 3.65. The molecule has 0 radical (unpaired) electrons. The third-order valence-electron chi connectivity index (χ3n) is 2.57. The molecule has 0 aliphatic rings. The van der Waals surface area contributed by atoms with E-state index < -0.39 is 0 Å². The zero-order valence-electron chi connectivity index (χ0n) is 11.3. The summed E-state index contributed by atoms with van der Waals surface area (Å²) in [7, 11) is 0. The van der Waals surface area contributed by atoms with Crippen LogP contribution in [-0.4, -0.2) is 12.6 Å². The van der Waals surface area contributed by atoms with Crippen molar-refractivity contribution in [2.45, 2.75) is 54.9 Å². The fraction of sp³-hybridized carbons (Fsp3) is 0.923. The third kappa shape index (κ3) is 7.40. The molecule has 0 bridgehead atoms. The van der Waals surface area contributed by atoms with E-state index in [2.05, 4.69) is 41.5 Å². The van der Waals surface area contributed by atoms with Gasteiger partial charge in [0.25, 0.3) is 0 Å². The van der Waals surface area contributed by atoms with E-state index in [1.807, 2.05) is 0 Å². The molecule has 0 spiro atoms. The van der Waals surface area contributed by atoms with Crippen molar-refractivity contribution in [3.05, 3.63) is 0 Å². The molecule has 2 nitrogen and oxygen atoms in total. The van der Waals surface area contributed by atoms with Crippen molar-refractivity contribution >= 4 is 5.97 Å². The highest BCUT2D eigenvalue weighted by molar-refractivity contribution is 5.65. The van der Waals surface area contributed by atoms with Crippen molar-refractivity contribution in [2.24, 2.45) is 16.7 Å². The highest BCUT2D eigenvalue weighted by atomic mass is 16.5. The fourth-order valence-corrected chi connectivity index (χ4v) is 1.57. The summed E-state index contributed by atoms with van der Waals surface area (Å²) in [6.45, 7) is 15.3. The van der Waals surface area contributed by atoms with Gasteiger partial charge in [-0.1, -0.05) is 41.5 Å². The molecule has 0 fully saturated rings. The average Bonchev–Trinajstić information content (AvgIpc) is 1.93. The highest BCUT2D eigenvalue weighted by Crippen LogP contribution is 2.36. The minimum atomic E-state index is -0.182. The van der Waals surface area contributed by atoms with Crippen LogP contribution in [-0.2, 0) is 9.53 Å². The number of rotatable bonds is 3. The second-order valence-electron chi connectivity index (χ2n) is 6.63. The molecule has 2 heteroatoms. The minimum Gasteiger partial charge on any atom is -0.466 e. The maximum atomic E-state index is 10.8. The van der Waals surface area contributed by atoms with Crippen molar-refractivity contribution in [3.8, 4) is 0 Å². The summed E-state index contributed by atoms with van der Waals surface area (Å²) < 4.78 is 5.14. The molecule has 0 heterocycles. The van der Waals surface area contributed by atoms with Crippen molar-refractivity contribution in [1.29, 1.82) is 0 Å². The van der Waals surface area contributed by atoms with Crippen LogP contribution in [0.3, 0.4) is 0 Å². The quantitative estimate of drug-likeness (QED) is 0.670. The molecule has 0 aromatic heterocycles. The zero-order chi connectivity index (χ0) is 12.3. The van der Waals surface area contributed by atoms with Crippen LogP contribution in [0.15, 0.2) is 0 Å². The van der Waals surface area contributed by atoms with Gasteiger partial charge in [0.1, 0.15) is 0 Å². The van der Waals surface area contributed by atoms with Gasteiger partial charge in [-0.3, -0.25) is 4.79 Å². The van der Waals surface area contributed by atoms with Gasteiger partial charge in [0.15, 0.2) is 0 Å². The van der Waals surface area contributed by atoms with Gasteiger partial charge in [0.2, 0.25) is 0 Å². The minimum absolute atomic E-state index is 0.182. The maximum absolute atomic E-state index is 10.8. The molecule has 1 unspecified atom stereocenters. The highest BCUT2D eigenvalue weighted by Gasteiger charge is 2.29. The molecule has 0 rings (SSSR count). The van der Waals surface area contributed by atoms with E-state index >= 15 is 0 Å². The Balaban J connectivity index is 4.40. The smallest absolute Gasteiger partial charge is 0.302 e. The molecule has 0 saturated heterocycles. The Labute approximate surface area is 94.4 Å². The summed E-state index contributed by atoms with van der Waals surface area (Å²) in [6.07, 6.45) is 1.07. The molecule has 0 aliphatic heterocycles. The van der Waals surface area contributed by atoms with Crippen LogP contribution in [0.25, 0.3) is 0 Å². The molecule has 0 N–H and O–H groups in total. The first-order chi connectivity index (χ1) is 6.52. The van der Waals surface area contributed by atoms with E-state index in [0.29, 0.717) is 12.5 Å². The second-order valence-corrected chi connectivity index (χ2v) is 6.63. The van der Waals surface area contributed by atoms with E-state index in [-0.39, 0.29) is 16.8 Å². The lowest BCUT2D eigenvalue weighted by Gasteiger charge is -2.35. The van der Waals surface area contributed by atoms with Gasteiger partial charge >= 0.3 is 5.97 Å². The molecule has 0 aromatic carbocycles. The van der Waals surface area contributed by atoms with Crippen LogP contribution >= 0.6 is 0 Å². The van der Waals surface area contributed by atoms with Crippen LogP contribution in [0, 0.1) is 16.7 Å². The Kier molecular flexibility index (Phi) is 4.82. The SMILES string of the molecule is CC(=O)OCC(CC(C)(C)C)C(C)(C)C. The summed E-state index contributed by atoms with van der Waals surface area (Å²) in [4.78, 5) is 10.8. The Bertz CT molecular complexity index is 206. The monoisotopic (exact) mass is 214 g/mol. The Hall–Kier alpha value is -0.530. The summed E-state index contributed by atoms with van der Waals surface area (Å²) in [5, 5.41) is 0. The molecule has 0 saturated carbocycles. The lowest BCUT2D eigenvalue weighted by Crippen LogP contribution is -2.30. The van der Waals surface area contributed by atoms with Gasteiger partial charge < -0.3 is 4.74 Å². The van der Waals surface area contributed by atoms with Crippen molar-refractivity contribution in [1.82, 2.24) is 0 Å². The van der Waals surface area contributed by atoms with Crippen LogP contribution in [0.1, 0.15) is 54.9 Å². The van der Waals surface area contributed by atoms with E-state index in [1.165, 1.54) is 6.92 Å². The first-order valence-corrected chi connectivity index (χ1v) is 5.66. The third-order valence-corrected chi connectivity index (χ3v) is 2.57. The molecule has 1 atom stereocenters.